The number of nitrogens with zero attached hydrogens (tertiary/aromatic N) is 1. The zero-order valence-corrected chi connectivity index (χ0v) is 23.7. The largest absolute Gasteiger partial charge is 0.464 e. The van der Waals surface area contributed by atoms with E-state index in [-0.39, 0.29) is 35.2 Å². The smallest absolute Gasteiger partial charge is 0.329 e. The molecule has 0 fully saturated rings. The number of esters is 1. The quantitative estimate of drug-likeness (QED) is 0.333. The van der Waals surface area contributed by atoms with Crippen molar-refractivity contribution in [3.05, 3.63) is 71.0 Å². The Morgan fingerprint density at radius 1 is 1.05 bits per heavy atom. The summed E-state index contributed by atoms with van der Waals surface area (Å²) in [6.45, 7) is 8.54. The molecule has 0 bridgehead atoms. The van der Waals surface area contributed by atoms with E-state index in [1.165, 1.54) is 12.6 Å². The zero-order chi connectivity index (χ0) is 27.4. The number of rotatable bonds is 9. The second-order valence-corrected chi connectivity index (χ2v) is 11.8. The highest BCUT2D eigenvalue weighted by Crippen LogP contribution is 2.47. The highest BCUT2D eigenvalue weighted by molar-refractivity contribution is 8.13. The highest BCUT2D eigenvalue weighted by Gasteiger charge is 2.36. The second-order valence-electron chi connectivity index (χ2n) is 10.3. The second kappa shape index (κ2) is 11.8. The van der Waals surface area contributed by atoms with Gasteiger partial charge in [-0.3, -0.25) is 9.59 Å². The van der Waals surface area contributed by atoms with E-state index in [4.69, 9.17) is 16.3 Å². The Hall–Kier alpha value is -3.03. The van der Waals surface area contributed by atoms with Gasteiger partial charge in [-0.15, -0.1) is 0 Å². The van der Waals surface area contributed by atoms with Gasteiger partial charge in [0.2, 0.25) is 5.91 Å². The molecule has 1 amide bonds. The third-order valence-corrected chi connectivity index (χ3v) is 7.80. The molecule has 3 aromatic rings. The van der Waals surface area contributed by atoms with E-state index in [1.807, 2.05) is 42.5 Å². The molecule has 8 heteroatoms. The van der Waals surface area contributed by atoms with Crippen molar-refractivity contribution in [2.75, 3.05) is 12.4 Å². The summed E-state index contributed by atoms with van der Waals surface area (Å²) in [4.78, 5) is 37.3. The predicted octanol–water partition coefficient (Wildman–Crippen LogP) is 5.93. The maximum atomic E-state index is 13.4. The van der Waals surface area contributed by atoms with Crippen LogP contribution in [0.25, 0.3) is 22.3 Å². The molecule has 1 aromatic heterocycles. The number of aromatic nitrogens is 1. The van der Waals surface area contributed by atoms with Gasteiger partial charge in [0, 0.05) is 46.8 Å². The number of fused-ring (bicyclic) bond motifs is 1. The van der Waals surface area contributed by atoms with Gasteiger partial charge in [-0.05, 0) is 42.0 Å². The van der Waals surface area contributed by atoms with E-state index in [0.29, 0.717) is 5.02 Å². The molecule has 1 aliphatic heterocycles. The van der Waals surface area contributed by atoms with Crippen LogP contribution in [0.3, 0.4) is 0 Å². The van der Waals surface area contributed by atoms with Crippen molar-refractivity contribution >= 4 is 40.4 Å². The SMILES string of the molecule is CCOC(=O)[C@@H](CSC(=O)Cc1c(-c2ccc(Cl)cc2)c(-c2ccccc2)c2n1CC(C)(C)C2)NC(C)=O. The van der Waals surface area contributed by atoms with Gasteiger partial charge in [0.15, 0.2) is 5.12 Å². The topological polar surface area (TPSA) is 77.4 Å². The zero-order valence-electron chi connectivity index (χ0n) is 22.2. The van der Waals surface area contributed by atoms with Gasteiger partial charge in [-0.1, -0.05) is 79.7 Å². The summed E-state index contributed by atoms with van der Waals surface area (Å²) < 4.78 is 7.39. The third kappa shape index (κ3) is 6.33. The number of halogens is 1. The summed E-state index contributed by atoms with van der Waals surface area (Å²) in [5, 5.41) is 3.17. The van der Waals surface area contributed by atoms with Crippen molar-refractivity contribution in [2.24, 2.45) is 5.41 Å². The maximum absolute atomic E-state index is 13.4. The number of benzene rings is 2. The Morgan fingerprint density at radius 2 is 1.71 bits per heavy atom. The van der Waals surface area contributed by atoms with E-state index in [2.05, 4.69) is 35.9 Å². The first-order chi connectivity index (χ1) is 18.1. The lowest BCUT2D eigenvalue weighted by atomic mass is 9.86. The highest BCUT2D eigenvalue weighted by atomic mass is 35.5. The molecule has 2 aromatic carbocycles. The average molecular weight is 553 g/mol. The van der Waals surface area contributed by atoms with Crippen LogP contribution in [0.1, 0.15) is 39.1 Å². The molecule has 38 heavy (non-hydrogen) atoms. The third-order valence-electron chi connectivity index (χ3n) is 6.58. The normalized spacial score (nSPS) is 14.6. The molecule has 0 radical (unpaired) electrons. The van der Waals surface area contributed by atoms with Gasteiger partial charge in [0.25, 0.3) is 0 Å². The average Bonchev–Trinajstić information content (AvgIpc) is 3.33. The first-order valence-corrected chi connectivity index (χ1v) is 14.1. The summed E-state index contributed by atoms with van der Waals surface area (Å²) in [6.07, 6.45) is 1.08. The Balaban J connectivity index is 1.73. The van der Waals surface area contributed by atoms with Crippen LogP contribution in [0.5, 0.6) is 0 Å². The molecular weight excluding hydrogens is 520 g/mol. The van der Waals surface area contributed by atoms with Crippen LogP contribution in [-0.4, -0.2) is 40.0 Å². The van der Waals surface area contributed by atoms with Crippen LogP contribution in [0.4, 0.5) is 0 Å². The van der Waals surface area contributed by atoms with Crippen LogP contribution < -0.4 is 5.32 Å². The van der Waals surface area contributed by atoms with Gasteiger partial charge in [-0.2, -0.15) is 0 Å². The van der Waals surface area contributed by atoms with E-state index in [9.17, 15) is 14.4 Å². The Kier molecular flexibility index (Phi) is 8.68. The van der Waals surface area contributed by atoms with Crippen LogP contribution in [0, 0.1) is 5.41 Å². The molecule has 1 aliphatic rings. The fourth-order valence-corrected chi connectivity index (χ4v) is 6.02. The molecular formula is C30H33ClN2O4S. The molecule has 2 heterocycles. The van der Waals surface area contributed by atoms with Crippen LogP contribution in [-0.2, 0) is 38.5 Å². The number of nitrogens with one attached hydrogen (secondary N) is 1. The van der Waals surface area contributed by atoms with Crippen molar-refractivity contribution < 1.29 is 19.1 Å². The molecule has 0 unspecified atom stereocenters. The molecule has 200 valence electrons. The van der Waals surface area contributed by atoms with Gasteiger partial charge >= 0.3 is 5.97 Å². The Bertz CT molecular complexity index is 1330. The van der Waals surface area contributed by atoms with Crippen molar-refractivity contribution in [3.63, 3.8) is 0 Å². The molecule has 0 saturated carbocycles. The molecule has 1 N–H and O–H groups in total. The van der Waals surface area contributed by atoms with Crippen LogP contribution in [0.2, 0.25) is 5.02 Å². The summed E-state index contributed by atoms with van der Waals surface area (Å²) >= 11 is 7.26. The van der Waals surface area contributed by atoms with E-state index in [0.717, 1.165) is 52.7 Å². The predicted molar refractivity (Wildman–Crippen MR) is 153 cm³/mol. The summed E-state index contributed by atoms with van der Waals surface area (Å²) in [5.41, 5.74) is 6.53. The summed E-state index contributed by atoms with van der Waals surface area (Å²) in [7, 11) is 0. The van der Waals surface area contributed by atoms with Gasteiger partial charge in [0.1, 0.15) is 6.04 Å². The minimum atomic E-state index is -0.881. The van der Waals surface area contributed by atoms with Crippen LogP contribution in [0.15, 0.2) is 54.6 Å². The standard InChI is InChI=1S/C30H33ClN2O4S/c1-5-37-29(36)23(32-19(2)34)17-38-26(35)15-24-27(21-11-13-22(31)14-12-21)28(20-9-7-6-8-10-20)25-16-30(3,4)18-33(24)25/h6-14,23H,5,15-18H2,1-4H3,(H,32,34)/t23-/m1/s1. The van der Waals surface area contributed by atoms with E-state index in [1.54, 1.807) is 6.92 Å². The lowest BCUT2D eigenvalue weighted by molar-refractivity contribution is -0.146. The monoisotopic (exact) mass is 552 g/mol. The lowest BCUT2D eigenvalue weighted by Gasteiger charge is -2.19. The van der Waals surface area contributed by atoms with Crippen molar-refractivity contribution in [3.8, 4) is 22.3 Å². The van der Waals surface area contributed by atoms with E-state index >= 15 is 0 Å². The molecule has 0 aliphatic carbocycles. The van der Waals surface area contributed by atoms with Gasteiger partial charge in [-0.25, -0.2) is 4.79 Å². The molecule has 4 rings (SSSR count). The molecule has 0 spiro atoms. The van der Waals surface area contributed by atoms with Crippen molar-refractivity contribution in [1.82, 2.24) is 9.88 Å². The molecule has 6 nitrogen and oxygen atoms in total. The molecule has 1 atom stereocenters. The maximum Gasteiger partial charge on any atom is 0.329 e. The van der Waals surface area contributed by atoms with Gasteiger partial charge in [0.05, 0.1) is 13.0 Å². The lowest BCUT2D eigenvalue weighted by Crippen LogP contribution is -2.42. The number of carbonyl (C=O) groups excluding carboxylic acids is 3. The number of ether oxygens (including phenoxy) is 1. The number of thioether (sulfide) groups is 1. The fraction of sp³-hybridized carbons (Fsp3) is 0.367. The first-order valence-electron chi connectivity index (χ1n) is 12.7. The van der Waals surface area contributed by atoms with E-state index < -0.39 is 12.0 Å². The molecule has 0 saturated heterocycles. The number of hydrogen-bond acceptors (Lipinski definition) is 5. The minimum absolute atomic E-state index is 0.0583. The number of hydrogen-bond donors (Lipinski definition) is 1. The fourth-order valence-electron chi connectivity index (χ4n) is 5.08. The number of carbonyl (C=O) groups is 3. The summed E-state index contributed by atoms with van der Waals surface area (Å²) in [5.74, 6) is -0.778. The van der Waals surface area contributed by atoms with Crippen molar-refractivity contribution in [2.45, 2.75) is 53.1 Å². The summed E-state index contributed by atoms with van der Waals surface area (Å²) in [6, 6.07) is 17.1. The van der Waals surface area contributed by atoms with Crippen molar-refractivity contribution in [1.29, 1.82) is 0 Å². The minimum Gasteiger partial charge on any atom is -0.464 e. The van der Waals surface area contributed by atoms with Gasteiger partial charge < -0.3 is 14.6 Å². The Labute approximate surface area is 233 Å². The number of amides is 1. The first kappa shape index (κ1) is 28.0. The Morgan fingerprint density at radius 3 is 2.34 bits per heavy atom. The van der Waals surface area contributed by atoms with Crippen LogP contribution >= 0.6 is 23.4 Å².